The molecule has 0 saturated carbocycles. The Morgan fingerprint density at radius 2 is 1.97 bits per heavy atom. The predicted molar refractivity (Wildman–Crippen MR) is 97.2 cm³/mol. The van der Waals surface area contributed by atoms with Gasteiger partial charge in [-0.1, -0.05) is 0 Å². The summed E-state index contributed by atoms with van der Waals surface area (Å²) in [6.45, 7) is -1.69. The molecule has 11 heteroatoms. The summed E-state index contributed by atoms with van der Waals surface area (Å²) in [7, 11) is 0. The standard InChI is InChI=1S/C19H21F5N4O2/c20-18(21,22)9-25-17(30)28-5-3-12(4-6-28)19(23,24)16(29)14-13-2-1-10(13)7-11-8-26-27-15(11)14/h7-8,12,16,29H,1-6,9H2,(H,25,30)(H,26,27)/t16-/m1/s1. The number of hydrogen-bond acceptors (Lipinski definition) is 3. The average molecular weight is 432 g/mol. The summed E-state index contributed by atoms with van der Waals surface area (Å²) in [5.74, 6) is -4.66. The molecule has 4 rings (SSSR count). The highest BCUT2D eigenvalue weighted by molar-refractivity contribution is 5.85. The number of nitrogens with zero attached hydrogens (tertiary/aromatic N) is 2. The van der Waals surface area contributed by atoms with Gasteiger partial charge in [-0.3, -0.25) is 5.10 Å². The molecule has 2 heterocycles. The lowest BCUT2D eigenvalue weighted by Crippen LogP contribution is -2.50. The van der Waals surface area contributed by atoms with Crippen molar-refractivity contribution < 1.29 is 31.9 Å². The maximum atomic E-state index is 15.2. The Labute approximate surface area is 168 Å². The van der Waals surface area contributed by atoms with Gasteiger partial charge in [0.2, 0.25) is 0 Å². The Kier molecular flexibility index (Phi) is 5.11. The molecule has 1 aromatic heterocycles. The molecule has 0 spiro atoms. The second-order valence-corrected chi connectivity index (χ2v) is 7.87. The number of halogens is 5. The molecular weight excluding hydrogens is 411 g/mol. The van der Waals surface area contributed by atoms with E-state index in [0.717, 1.165) is 16.9 Å². The number of carbonyl (C=O) groups excluding carboxylic acids is 1. The molecule has 1 saturated heterocycles. The molecule has 2 aliphatic rings. The number of aliphatic hydroxyl groups excluding tert-OH is 1. The maximum Gasteiger partial charge on any atom is 0.405 e. The van der Waals surface area contributed by atoms with E-state index < -0.39 is 36.7 Å². The highest BCUT2D eigenvalue weighted by Crippen LogP contribution is 2.46. The van der Waals surface area contributed by atoms with Crippen LogP contribution in [0, 0.1) is 5.92 Å². The van der Waals surface area contributed by atoms with E-state index in [1.165, 1.54) is 6.20 Å². The van der Waals surface area contributed by atoms with Crippen molar-refractivity contribution in [3.8, 4) is 0 Å². The van der Waals surface area contributed by atoms with Crippen molar-refractivity contribution in [2.75, 3.05) is 19.6 Å². The van der Waals surface area contributed by atoms with Crippen molar-refractivity contribution in [3.63, 3.8) is 0 Å². The number of aryl methyl sites for hydroxylation is 1. The fourth-order valence-corrected chi connectivity index (χ4v) is 4.29. The SMILES string of the molecule is O=C(NCC(F)(F)F)N1CCC(C(F)(F)[C@H](O)c2c3c(cc4cn[nH]c24)CC3)CC1. The molecule has 6 nitrogen and oxygen atoms in total. The molecule has 0 unspecified atom stereocenters. The first kappa shape index (κ1) is 20.8. The summed E-state index contributed by atoms with van der Waals surface area (Å²) in [5.41, 5.74) is 2.19. The van der Waals surface area contributed by atoms with Gasteiger partial charge in [-0.25, -0.2) is 13.6 Å². The van der Waals surface area contributed by atoms with Crippen molar-refractivity contribution in [2.24, 2.45) is 5.92 Å². The monoisotopic (exact) mass is 432 g/mol. The quantitative estimate of drug-likeness (QED) is 0.649. The number of likely N-dealkylation sites (tertiary alicyclic amines) is 1. The second-order valence-electron chi connectivity index (χ2n) is 7.87. The number of H-pyrrole nitrogens is 1. The molecule has 0 bridgehead atoms. The van der Waals surface area contributed by atoms with Crippen LogP contribution in [0.2, 0.25) is 0 Å². The number of carbonyl (C=O) groups is 1. The molecular formula is C19H21F5N4O2. The lowest BCUT2D eigenvalue weighted by atomic mass is 9.77. The van der Waals surface area contributed by atoms with Gasteiger partial charge in [0, 0.05) is 30.0 Å². The molecule has 1 atom stereocenters. The number of fused-ring (bicyclic) bond motifs is 2. The Bertz CT molecular complexity index is 950. The summed E-state index contributed by atoms with van der Waals surface area (Å²) in [4.78, 5) is 12.9. The molecule has 1 aliphatic carbocycles. The van der Waals surface area contributed by atoms with Crippen LogP contribution in [0.5, 0.6) is 0 Å². The zero-order valence-corrected chi connectivity index (χ0v) is 15.9. The van der Waals surface area contributed by atoms with Gasteiger partial charge >= 0.3 is 12.2 Å². The van der Waals surface area contributed by atoms with E-state index in [0.29, 0.717) is 22.9 Å². The van der Waals surface area contributed by atoms with Gasteiger partial charge in [0.05, 0.1) is 11.7 Å². The van der Waals surface area contributed by atoms with Crippen molar-refractivity contribution in [2.45, 2.75) is 43.9 Å². The van der Waals surface area contributed by atoms with Crippen LogP contribution in [-0.2, 0) is 12.8 Å². The minimum absolute atomic E-state index is 0.108. The minimum atomic E-state index is -4.54. The third-order valence-electron chi connectivity index (χ3n) is 6.03. The van der Waals surface area contributed by atoms with E-state index in [4.69, 9.17) is 0 Å². The summed E-state index contributed by atoms with van der Waals surface area (Å²) < 4.78 is 67.2. The summed E-state index contributed by atoms with van der Waals surface area (Å²) >= 11 is 0. The van der Waals surface area contributed by atoms with Crippen molar-refractivity contribution in [1.82, 2.24) is 20.4 Å². The zero-order valence-electron chi connectivity index (χ0n) is 15.9. The Morgan fingerprint density at radius 3 is 2.57 bits per heavy atom. The van der Waals surface area contributed by atoms with Gasteiger partial charge in [-0.15, -0.1) is 0 Å². The van der Waals surface area contributed by atoms with Crippen LogP contribution >= 0.6 is 0 Å². The third kappa shape index (κ3) is 3.70. The summed E-state index contributed by atoms with van der Waals surface area (Å²) in [6.07, 6.45) is -3.93. The van der Waals surface area contributed by atoms with Crippen LogP contribution in [0.4, 0.5) is 26.7 Å². The van der Waals surface area contributed by atoms with E-state index in [1.54, 1.807) is 5.32 Å². The number of aromatic nitrogens is 2. The number of urea groups is 1. The zero-order chi connectivity index (χ0) is 21.7. The second kappa shape index (κ2) is 7.36. The molecule has 1 fully saturated rings. The van der Waals surface area contributed by atoms with Crippen molar-refractivity contribution in [3.05, 3.63) is 29.0 Å². The van der Waals surface area contributed by atoms with Crippen LogP contribution in [-0.4, -0.2) is 58.0 Å². The Morgan fingerprint density at radius 1 is 1.27 bits per heavy atom. The summed E-state index contributed by atoms with van der Waals surface area (Å²) in [6, 6.07) is 0.947. The Balaban J connectivity index is 1.46. The molecule has 1 aliphatic heterocycles. The van der Waals surface area contributed by atoms with Crippen molar-refractivity contribution in [1.29, 1.82) is 0 Å². The molecule has 2 aromatic rings. The highest BCUT2D eigenvalue weighted by atomic mass is 19.4. The number of nitrogens with one attached hydrogen (secondary N) is 2. The molecule has 3 N–H and O–H groups in total. The maximum absolute atomic E-state index is 15.2. The van der Waals surface area contributed by atoms with Crippen LogP contribution in [0.25, 0.3) is 10.9 Å². The average Bonchev–Trinajstić information content (AvgIpc) is 3.14. The predicted octanol–water partition coefficient (Wildman–Crippen LogP) is 3.31. The molecule has 0 radical (unpaired) electrons. The number of piperidine rings is 1. The Hall–Kier alpha value is -2.43. The molecule has 1 aromatic carbocycles. The molecule has 2 amide bonds. The normalized spacial score (nSPS) is 18.8. The number of alkyl halides is 5. The van der Waals surface area contributed by atoms with Gasteiger partial charge in [0.15, 0.2) is 0 Å². The smallest absolute Gasteiger partial charge is 0.382 e. The van der Waals surface area contributed by atoms with Crippen LogP contribution in [0.3, 0.4) is 0 Å². The topological polar surface area (TPSA) is 81.2 Å². The van der Waals surface area contributed by atoms with Gasteiger partial charge in [-0.05, 0) is 42.9 Å². The number of amides is 2. The van der Waals surface area contributed by atoms with E-state index in [1.807, 2.05) is 6.07 Å². The van der Waals surface area contributed by atoms with E-state index in [-0.39, 0.29) is 31.5 Å². The van der Waals surface area contributed by atoms with Gasteiger partial charge in [0.1, 0.15) is 12.6 Å². The van der Waals surface area contributed by atoms with Crippen LogP contribution in [0.15, 0.2) is 12.3 Å². The van der Waals surface area contributed by atoms with Gasteiger partial charge in [-0.2, -0.15) is 18.3 Å². The largest absolute Gasteiger partial charge is 0.405 e. The fraction of sp³-hybridized carbons (Fsp3) is 0.579. The number of aromatic amines is 1. The van der Waals surface area contributed by atoms with Crippen molar-refractivity contribution >= 4 is 16.9 Å². The minimum Gasteiger partial charge on any atom is -0.382 e. The van der Waals surface area contributed by atoms with Crippen LogP contribution in [0.1, 0.15) is 35.6 Å². The first-order valence-electron chi connectivity index (χ1n) is 9.71. The fourth-order valence-electron chi connectivity index (χ4n) is 4.29. The van der Waals surface area contributed by atoms with Gasteiger partial charge in [0.25, 0.3) is 5.92 Å². The van der Waals surface area contributed by atoms with Crippen LogP contribution < -0.4 is 5.32 Å². The number of hydrogen-bond donors (Lipinski definition) is 3. The number of aliphatic hydroxyl groups is 1. The number of benzene rings is 1. The van der Waals surface area contributed by atoms with E-state index >= 15 is 8.78 Å². The lowest BCUT2D eigenvalue weighted by molar-refractivity contribution is -0.159. The lowest BCUT2D eigenvalue weighted by Gasteiger charge is -2.38. The molecule has 30 heavy (non-hydrogen) atoms. The molecule has 164 valence electrons. The highest BCUT2D eigenvalue weighted by Gasteiger charge is 2.50. The first-order chi connectivity index (χ1) is 14.1. The van der Waals surface area contributed by atoms with E-state index in [2.05, 4.69) is 10.2 Å². The third-order valence-corrected chi connectivity index (χ3v) is 6.03. The number of rotatable bonds is 4. The van der Waals surface area contributed by atoms with Gasteiger partial charge < -0.3 is 15.3 Å². The summed E-state index contributed by atoms with van der Waals surface area (Å²) in [5, 5.41) is 19.7. The van der Waals surface area contributed by atoms with E-state index in [9.17, 15) is 23.1 Å². The first-order valence-corrected chi connectivity index (χ1v) is 9.71.